The van der Waals surface area contributed by atoms with Crippen molar-refractivity contribution in [2.45, 2.75) is 31.3 Å². The first kappa shape index (κ1) is 28.7. The van der Waals surface area contributed by atoms with Gasteiger partial charge < -0.3 is 25.0 Å². The number of carbonyl (C=O) groups excluding carboxylic acids is 2. The fraction of sp³-hybridized carbons (Fsp3) is 0.310. The van der Waals surface area contributed by atoms with E-state index in [0.717, 1.165) is 10.0 Å². The molecule has 4 rings (SSSR count). The zero-order valence-electron chi connectivity index (χ0n) is 21.7. The molecule has 1 aliphatic rings. The highest BCUT2D eigenvalue weighted by Gasteiger charge is 2.28. The number of nitrogens with one attached hydrogen (secondary N) is 2. The number of urea groups is 1. The van der Waals surface area contributed by atoms with Crippen molar-refractivity contribution in [2.75, 3.05) is 27.3 Å². The van der Waals surface area contributed by atoms with Crippen LogP contribution < -0.4 is 20.1 Å². The first-order chi connectivity index (χ1) is 18.8. The summed E-state index contributed by atoms with van der Waals surface area (Å²) < 4.78 is 26.0. The Morgan fingerprint density at radius 2 is 1.82 bits per heavy atom. The van der Waals surface area contributed by atoms with E-state index < -0.39 is 11.9 Å². The Morgan fingerprint density at radius 3 is 2.49 bits per heavy atom. The molecule has 0 aliphatic carbocycles. The molecule has 39 heavy (non-hydrogen) atoms. The van der Waals surface area contributed by atoms with Gasteiger partial charge in [0.05, 0.1) is 25.8 Å². The molecule has 1 unspecified atom stereocenters. The summed E-state index contributed by atoms with van der Waals surface area (Å²) in [6.07, 6.45) is 1.37. The maximum atomic E-state index is 14.6. The number of nitrogens with zero attached hydrogens (tertiary/aromatic N) is 1. The van der Waals surface area contributed by atoms with E-state index in [1.54, 1.807) is 42.3 Å². The highest BCUT2D eigenvalue weighted by atomic mass is 79.9. The topological polar surface area (TPSA) is 79.9 Å². The predicted octanol–water partition coefficient (Wildman–Crippen LogP) is 6.15. The summed E-state index contributed by atoms with van der Waals surface area (Å²) in [5, 5.41) is 6.32. The molecule has 1 atom stereocenters. The fourth-order valence-corrected chi connectivity index (χ4v) is 5.49. The zero-order valence-corrected chi connectivity index (χ0v) is 24.0. The third-order valence-electron chi connectivity index (χ3n) is 6.81. The molecule has 0 bridgehead atoms. The molecular formula is C29H30BrClFN3O4. The molecule has 1 saturated heterocycles. The summed E-state index contributed by atoms with van der Waals surface area (Å²) in [5.74, 6) is 0.503. The Hall–Kier alpha value is -3.30. The molecule has 3 amide bonds. The number of ether oxygens (including phenoxy) is 2. The highest BCUT2D eigenvalue weighted by Crippen LogP contribution is 2.30. The van der Waals surface area contributed by atoms with E-state index in [0.29, 0.717) is 53.6 Å². The van der Waals surface area contributed by atoms with Crippen LogP contribution in [0.1, 0.15) is 40.4 Å². The Kier molecular flexibility index (Phi) is 9.69. The van der Waals surface area contributed by atoms with Gasteiger partial charge in [-0.25, -0.2) is 9.18 Å². The predicted molar refractivity (Wildman–Crippen MR) is 152 cm³/mol. The van der Waals surface area contributed by atoms with Gasteiger partial charge in [0.15, 0.2) is 0 Å². The summed E-state index contributed by atoms with van der Waals surface area (Å²) in [7, 11) is 3.07. The largest absolute Gasteiger partial charge is 0.497 e. The van der Waals surface area contributed by atoms with E-state index in [1.807, 2.05) is 24.3 Å². The van der Waals surface area contributed by atoms with Gasteiger partial charge in [0, 0.05) is 46.7 Å². The molecule has 0 radical (unpaired) electrons. The van der Waals surface area contributed by atoms with Gasteiger partial charge in [0.1, 0.15) is 17.3 Å². The van der Waals surface area contributed by atoms with Crippen molar-refractivity contribution in [3.8, 4) is 11.5 Å². The molecule has 0 aromatic heterocycles. The van der Waals surface area contributed by atoms with Gasteiger partial charge in [0.25, 0.3) is 5.91 Å². The smallest absolute Gasteiger partial charge is 0.315 e. The Balaban J connectivity index is 1.39. The molecule has 7 nitrogen and oxygen atoms in total. The molecule has 0 saturated carbocycles. The Morgan fingerprint density at radius 1 is 1.08 bits per heavy atom. The number of halogens is 3. The lowest BCUT2D eigenvalue weighted by Crippen LogP contribution is -2.49. The van der Waals surface area contributed by atoms with Crippen LogP contribution in [-0.4, -0.2) is 50.2 Å². The van der Waals surface area contributed by atoms with Crippen molar-refractivity contribution >= 4 is 39.5 Å². The summed E-state index contributed by atoms with van der Waals surface area (Å²) in [5.41, 5.74) is 1.60. The van der Waals surface area contributed by atoms with Gasteiger partial charge in [-0.1, -0.05) is 51.8 Å². The maximum absolute atomic E-state index is 14.6. The summed E-state index contributed by atoms with van der Waals surface area (Å²) in [4.78, 5) is 28.0. The first-order valence-corrected chi connectivity index (χ1v) is 13.7. The third-order valence-corrected chi connectivity index (χ3v) is 7.89. The number of hydrogen-bond donors (Lipinski definition) is 2. The molecule has 1 aliphatic heterocycles. The van der Waals surface area contributed by atoms with Gasteiger partial charge in [-0.15, -0.1) is 0 Å². The lowest BCUT2D eigenvalue weighted by atomic mass is 9.98. The monoisotopic (exact) mass is 617 g/mol. The molecule has 3 aromatic carbocycles. The average molecular weight is 619 g/mol. The van der Waals surface area contributed by atoms with Crippen LogP contribution in [0.25, 0.3) is 0 Å². The average Bonchev–Trinajstić information content (AvgIpc) is 2.94. The van der Waals surface area contributed by atoms with Crippen molar-refractivity contribution in [1.82, 2.24) is 15.5 Å². The van der Waals surface area contributed by atoms with Crippen molar-refractivity contribution in [3.63, 3.8) is 0 Å². The number of hydrogen-bond acceptors (Lipinski definition) is 4. The van der Waals surface area contributed by atoms with E-state index >= 15 is 0 Å². The number of carbonyl (C=O) groups is 2. The van der Waals surface area contributed by atoms with Crippen LogP contribution in [-0.2, 0) is 6.42 Å². The summed E-state index contributed by atoms with van der Waals surface area (Å²) >= 11 is 9.83. The lowest BCUT2D eigenvalue weighted by Gasteiger charge is -2.33. The Bertz CT molecular complexity index is 1310. The summed E-state index contributed by atoms with van der Waals surface area (Å²) in [6.45, 7) is 0.967. The van der Waals surface area contributed by atoms with Gasteiger partial charge in [-0.3, -0.25) is 4.79 Å². The zero-order chi connectivity index (χ0) is 27.9. The standard InChI is InChI=1S/C29H30BrClFN3O4/c1-38-19-10-11-21(27(16-19)39-2)28(36)35-14-12-18(13-15-35)33-29(37)34-26(20-6-3-4-7-23(20)30)17-22-24(31)8-5-9-25(22)32/h3-11,16,18,26H,12-15,17H2,1-2H3,(H2,33,34,37). The highest BCUT2D eigenvalue weighted by molar-refractivity contribution is 9.10. The number of amides is 3. The van der Waals surface area contributed by atoms with Crippen LogP contribution in [0.3, 0.4) is 0 Å². The number of methoxy groups -OCH3 is 2. The van der Waals surface area contributed by atoms with Gasteiger partial charge in [-0.05, 0) is 48.7 Å². The van der Waals surface area contributed by atoms with E-state index in [1.165, 1.54) is 13.2 Å². The van der Waals surface area contributed by atoms with Gasteiger partial charge in [0.2, 0.25) is 0 Å². The minimum atomic E-state index is -0.529. The number of likely N-dealkylation sites (tertiary alicyclic amines) is 1. The molecule has 2 N–H and O–H groups in total. The van der Waals surface area contributed by atoms with Gasteiger partial charge >= 0.3 is 6.03 Å². The Labute approximate surface area is 240 Å². The quantitative estimate of drug-likeness (QED) is 0.318. The van der Waals surface area contributed by atoms with Crippen molar-refractivity contribution < 1.29 is 23.5 Å². The molecule has 206 valence electrons. The summed E-state index contributed by atoms with van der Waals surface area (Å²) in [6, 6.07) is 16.1. The minimum Gasteiger partial charge on any atom is -0.497 e. The second-order valence-electron chi connectivity index (χ2n) is 9.23. The van der Waals surface area contributed by atoms with E-state index in [4.69, 9.17) is 21.1 Å². The minimum absolute atomic E-state index is 0.122. The van der Waals surface area contributed by atoms with Gasteiger partial charge in [-0.2, -0.15) is 0 Å². The number of benzene rings is 3. The van der Waals surface area contributed by atoms with E-state index in [9.17, 15) is 14.0 Å². The normalized spacial score (nSPS) is 14.4. The number of rotatable bonds is 8. The van der Waals surface area contributed by atoms with Crippen LogP contribution in [0.4, 0.5) is 9.18 Å². The second kappa shape index (κ2) is 13.2. The molecule has 1 heterocycles. The molecule has 3 aromatic rings. The maximum Gasteiger partial charge on any atom is 0.315 e. The molecule has 10 heteroatoms. The molecule has 0 spiro atoms. The number of piperidine rings is 1. The first-order valence-electron chi connectivity index (χ1n) is 12.6. The van der Waals surface area contributed by atoms with Crippen LogP contribution in [0, 0.1) is 5.82 Å². The SMILES string of the molecule is COc1ccc(C(=O)N2CCC(NC(=O)NC(Cc3c(F)cccc3Cl)c3ccccc3Br)CC2)c(OC)c1. The molecular weight excluding hydrogens is 589 g/mol. The van der Waals surface area contributed by atoms with E-state index in [-0.39, 0.29) is 24.4 Å². The van der Waals surface area contributed by atoms with Crippen LogP contribution in [0.2, 0.25) is 5.02 Å². The van der Waals surface area contributed by atoms with Crippen molar-refractivity contribution in [3.05, 3.63) is 92.7 Å². The molecule has 1 fully saturated rings. The van der Waals surface area contributed by atoms with Crippen LogP contribution in [0.15, 0.2) is 65.1 Å². The van der Waals surface area contributed by atoms with Crippen molar-refractivity contribution in [1.29, 1.82) is 0 Å². The van der Waals surface area contributed by atoms with Crippen LogP contribution >= 0.6 is 27.5 Å². The van der Waals surface area contributed by atoms with Crippen molar-refractivity contribution in [2.24, 2.45) is 0 Å². The fourth-order valence-electron chi connectivity index (χ4n) is 4.69. The van der Waals surface area contributed by atoms with E-state index in [2.05, 4.69) is 26.6 Å². The third kappa shape index (κ3) is 7.02. The van der Waals surface area contributed by atoms with Crippen LogP contribution in [0.5, 0.6) is 11.5 Å². The lowest BCUT2D eigenvalue weighted by molar-refractivity contribution is 0.0705. The second-order valence-corrected chi connectivity index (χ2v) is 10.5.